The molecule has 3 rings (SSSR count). The predicted molar refractivity (Wildman–Crippen MR) is 107 cm³/mol. The Morgan fingerprint density at radius 3 is 2.43 bits per heavy atom. The first kappa shape index (κ1) is 19.1. The Labute approximate surface area is 163 Å². The van der Waals surface area contributed by atoms with E-state index in [0.717, 1.165) is 11.1 Å². The van der Waals surface area contributed by atoms with Gasteiger partial charge in [-0.1, -0.05) is 23.8 Å². The molecule has 0 aliphatic rings. The fourth-order valence-corrected chi connectivity index (χ4v) is 2.47. The highest BCUT2D eigenvalue weighted by atomic mass is 16.5. The van der Waals surface area contributed by atoms with Crippen molar-refractivity contribution in [2.24, 2.45) is 0 Å². The van der Waals surface area contributed by atoms with Crippen LogP contribution in [0.25, 0.3) is 0 Å². The minimum atomic E-state index is -0.269. The quantitative estimate of drug-likeness (QED) is 0.664. The van der Waals surface area contributed by atoms with Gasteiger partial charge in [0.1, 0.15) is 5.75 Å². The molecule has 0 unspecified atom stereocenters. The van der Waals surface area contributed by atoms with Crippen LogP contribution in [0.5, 0.6) is 5.75 Å². The van der Waals surface area contributed by atoms with Crippen LogP contribution in [0.15, 0.2) is 73.1 Å². The summed E-state index contributed by atoms with van der Waals surface area (Å²) in [7, 11) is 0. The van der Waals surface area contributed by atoms with E-state index in [2.05, 4.69) is 15.6 Å². The average molecular weight is 375 g/mol. The van der Waals surface area contributed by atoms with Gasteiger partial charge in [-0.25, -0.2) is 0 Å². The summed E-state index contributed by atoms with van der Waals surface area (Å²) in [5.74, 6) is 0.181. The average Bonchev–Trinajstić information content (AvgIpc) is 2.73. The maximum absolute atomic E-state index is 12.2. The van der Waals surface area contributed by atoms with E-state index in [-0.39, 0.29) is 18.4 Å². The van der Waals surface area contributed by atoms with Crippen molar-refractivity contribution in [3.05, 3.63) is 89.7 Å². The van der Waals surface area contributed by atoms with Crippen LogP contribution in [0.2, 0.25) is 0 Å². The van der Waals surface area contributed by atoms with Crippen LogP contribution in [0.4, 0.5) is 5.69 Å². The van der Waals surface area contributed by atoms with E-state index < -0.39 is 0 Å². The number of aromatic nitrogens is 1. The maximum atomic E-state index is 12.2. The van der Waals surface area contributed by atoms with Crippen LogP contribution >= 0.6 is 0 Å². The summed E-state index contributed by atoms with van der Waals surface area (Å²) in [5.41, 5.74) is 3.16. The zero-order valence-corrected chi connectivity index (χ0v) is 15.5. The van der Waals surface area contributed by atoms with Gasteiger partial charge in [-0.2, -0.15) is 0 Å². The number of anilines is 1. The molecule has 1 heterocycles. The van der Waals surface area contributed by atoms with E-state index >= 15 is 0 Å². The number of carbonyl (C=O) groups is 2. The zero-order chi connectivity index (χ0) is 19.8. The predicted octanol–water partition coefficient (Wildman–Crippen LogP) is 3.34. The van der Waals surface area contributed by atoms with Crippen molar-refractivity contribution >= 4 is 17.5 Å². The molecule has 28 heavy (non-hydrogen) atoms. The molecule has 6 heteroatoms. The van der Waals surface area contributed by atoms with Gasteiger partial charge in [0, 0.05) is 30.2 Å². The molecule has 142 valence electrons. The number of pyridine rings is 1. The molecule has 2 aromatic carbocycles. The lowest BCUT2D eigenvalue weighted by molar-refractivity contribution is -0.118. The van der Waals surface area contributed by atoms with Crippen molar-refractivity contribution in [2.75, 3.05) is 11.9 Å². The first-order chi connectivity index (χ1) is 13.6. The molecule has 0 saturated heterocycles. The molecule has 0 saturated carbocycles. The van der Waals surface area contributed by atoms with E-state index in [0.29, 0.717) is 23.5 Å². The Kier molecular flexibility index (Phi) is 6.36. The Balaban J connectivity index is 1.47. The molecule has 0 aliphatic carbocycles. The summed E-state index contributed by atoms with van der Waals surface area (Å²) in [6, 6.07) is 17.9. The molecule has 0 bridgehead atoms. The summed E-state index contributed by atoms with van der Waals surface area (Å²) in [6.45, 7) is 2.30. The van der Waals surface area contributed by atoms with Gasteiger partial charge in [0.25, 0.3) is 11.8 Å². The van der Waals surface area contributed by atoms with Crippen LogP contribution in [0.1, 0.15) is 21.5 Å². The maximum Gasteiger partial charge on any atom is 0.262 e. The first-order valence-electron chi connectivity index (χ1n) is 8.86. The molecule has 6 nitrogen and oxygen atoms in total. The highest BCUT2D eigenvalue weighted by Crippen LogP contribution is 2.12. The number of rotatable bonds is 7. The number of ether oxygens (including phenoxy) is 1. The molecule has 2 N–H and O–H groups in total. The van der Waals surface area contributed by atoms with E-state index in [9.17, 15) is 9.59 Å². The minimum absolute atomic E-state index is 0.0869. The van der Waals surface area contributed by atoms with Gasteiger partial charge in [-0.05, 0) is 55.0 Å². The van der Waals surface area contributed by atoms with Gasteiger partial charge in [-0.15, -0.1) is 0 Å². The van der Waals surface area contributed by atoms with Gasteiger partial charge in [0.2, 0.25) is 0 Å². The van der Waals surface area contributed by atoms with Gasteiger partial charge in [0.05, 0.1) is 0 Å². The molecule has 3 aromatic rings. The number of amides is 2. The molecule has 0 aliphatic heterocycles. The summed E-state index contributed by atoms with van der Waals surface area (Å²) >= 11 is 0. The first-order valence-corrected chi connectivity index (χ1v) is 8.86. The Morgan fingerprint density at radius 2 is 1.75 bits per heavy atom. The lowest BCUT2D eigenvalue weighted by atomic mass is 10.2. The molecule has 2 amide bonds. The van der Waals surface area contributed by atoms with Crippen molar-refractivity contribution in [2.45, 2.75) is 13.5 Å². The second kappa shape index (κ2) is 9.32. The van der Waals surface area contributed by atoms with Crippen molar-refractivity contribution in [1.29, 1.82) is 0 Å². The summed E-state index contributed by atoms with van der Waals surface area (Å²) < 4.78 is 5.45. The third-order valence-corrected chi connectivity index (χ3v) is 4.00. The second-order valence-electron chi connectivity index (χ2n) is 6.27. The van der Waals surface area contributed by atoms with Gasteiger partial charge in [0.15, 0.2) is 6.61 Å². The molecule has 0 atom stereocenters. The minimum Gasteiger partial charge on any atom is -0.484 e. The lowest BCUT2D eigenvalue weighted by Gasteiger charge is -2.09. The largest absolute Gasteiger partial charge is 0.484 e. The van der Waals surface area contributed by atoms with Crippen molar-refractivity contribution in [3.8, 4) is 5.75 Å². The van der Waals surface area contributed by atoms with Crippen LogP contribution < -0.4 is 15.4 Å². The smallest absolute Gasteiger partial charge is 0.262 e. The van der Waals surface area contributed by atoms with Crippen molar-refractivity contribution in [3.63, 3.8) is 0 Å². The number of benzene rings is 2. The summed E-state index contributed by atoms with van der Waals surface area (Å²) in [4.78, 5) is 28.2. The van der Waals surface area contributed by atoms with E-state index in [1.807, 2.05) is 43.3 Å². The van der Waals surface area contributed by atoms with Crippen LogP contribution in [0, 0.1) is 6.92 Å². The lowest BCUT2D eigenvalue weighted by Crippen LogP contribution is -2.23. The molecular weight excluding hydrogens is 354 g/mol. The van der Waals surface area contributed by atoms with E-state index in [1.54, 1.807) is 36.7 Å². The topological polar surface area (TPSA) is 80.3 Å². The SMILES string of the molecule is Cc1ccc(OCC(=O)Nc2ccc(C(=O)NCc3cccnc3)cc2)cc1. The molecule has 1 aromatic heterocycles. The van der Waals surface area contributed by atoms with Crippen molar-refractivity contribution in [1.82, 2.24) is 10.3 Å². The third kappa shape index (κ3) is 5.67. The van der Waals surface area contributed by atoms with Crippen LogP contribution in [-0.4, -0.2) is 23.4 Å². The number of aryl methyl sites for hydroxylation is 1. The normalized spacial score (nSPS) is 10.2. The fraction of sp³-hybridized carbons (Fsp3) is 0.136. The Bertz CT molecular complexity index is 924. The van der Waals surface area contributed by atoms with Crippen LogP contribution in [-0.2, 0) is 11.3 Å². The Morgan fingerprint density at radius 1 is 1.00 bits per heavy atom. The van der Waals surface area contributed by atoms with Gasteiger partial charge in [-0.3, -0.25) is 14.6 Å². The molecular formula is C22H21N3O3. The Hall–Kier alpha value is -3.67. The second-order valence-corrected chi connectivity index (χ2v) is 6.27. The number of hydrogen-bond donors (Lipinski definition) is 2. The molecule has 0 spiro atoms. The zero-order valence-electron chi connectivity index (χ0n) is 15.5. The highest BCUT2D eigenvalue weighted by Gasteiger charge is 2.07. The highest BCUT2D eigenvalue weighted by molar-refractivity contribution is 5.96. The number of carbonyl (C=O) groups excluding carboxylic acids is 2. The number of hydrogen-bond acceptors (Lipinski definition) is 4. The van der Waals surface area contributed by atoms with Crippen molar-refractivity contribution < 1.29 is 14.3 Å². The monoisotopic (exact) mass is 375 g/mol. The van der Waals surface area contributed by atoms with Gasteiger partial charge >= 0.3 is 0 Å². The fourth-order valence-electron chi connectivity index (χ4n) is 2.47. The summed E-state index contributed by atoms with van der Waals surface area (Å²) in [6.07, 6.45) is 3.39. The number of nitrogens with one attached hydrogen (secondary N) is 2. The summed E-state index contributed by atoms with van der Waals surface area (Å²) in [5, 5.41) is 5.58. The van der Waals surface area contributed by atoms with E-state index in [1.165, 1.54) is 0 Å². The number of nitrogens with zero attached hydrogens (tertiary/aromatic N) is 1. The molecule has 0 radical (unpaired) electrons. The third-order valence-electron chi connectivity index (χ3n) is 4.00. The standard InChI is InChI=1S/C22H21N3O3/c1-16-4-10-20(11-5-16)28-15-21(26)25-19-8-6-18(7-9-19)22(27)24-14-17-3-2-12-23-13-17/h2-13H,14-15H2,1H3,(H,24,27)(H,25,26). The van der Waals surface area contributed by atoms with Gasteiger partial charge < -0.3 is 15.4 Å². The van der Waals surface area contributed by atoms with E-state index in [4.69, 9.17) is 4.74 Å². The van der Waals surface area contributed by atoms with Crippen LogP contribution in [0.3, 0.4) is 0 Å². The molecule has 0 fully saturated rings.